The molecule has 176 valence electrons. The number of hydrogen-bond acceptors (Lipinski definition) is 6. The minimum absolute atomic E-state index is 0.179. The van der Waals surface area contributed by atoms with Crippen LogP contribution in [-0.2, 0) is 14.3 Å². The van der Waals surface area contributed by atoms with Crippen LogP contribution in [0.1, 0.15) is 36.7 Å². The summed E-state index contributed by atoms with van der Waals surface area (Å²) in [6, 6.07) is 10.4. The molecule has 0 saturated carbocycles. The molecule has 10 heteroatoms. The summed E-state index contributed by atoms with van der Waals surface area (Å²) in [5.74, 6) is -1.07. The van der Waals surface area contributed by atoms with Gasteiger partial charge in [0.05, 0.1) is 22.9 Å². The van der Waals surface area contributed by atoms with E-state index in [0.29, 0.717) is 22.9 Å². The summed E-state index contributed by atoms with van der Waals surface area (Å²) in [5, 5.41) is 7.22. The summed E-state index contributed by atoms with van der Waals surface area (Å²) in [6.45, 7) is 5.44. The second-order valence-electron chi connectivity index (χ2n) is 7.22. The highest BCUT2D eigenvalue weighted by molar-refractivity contribution is 6.42. The van der Waals surface area contributed by atoms with Crippen LogP contribution in [0.25, 0.3) is 0 Å². The lowest BCUT2D eigenvalue weighted by atomic mass is 10.0. The van der Waals surface area contributed by atoms with Crippen LogP contribution < -0.4 is 15.5 Å². The minimum Gasteiger partial charge on any atom is -0.482 e. The first-order valence-corrected chi connectivity index (χ1v) is 10.9. The second-order valence-corrected chi connectivity index (χ2v) is 8.04. The Kier molecular flexibility index (Phi) is 10.2. The number of ether oxygens (including phenoxy) is 2. The lowest BCUT2D eigenvalue weighted by Gasteiger charge is -2.20. The Bertz CT molecular complexity index is 1010. The molecule has 2 N–H and O–H groups in total. The zero-order valence-corrected chi connectivity index (χ0v) is 19.9. The number of amides is 2. The first kappa shape index (κ1) is 26.2. The van der Waals surface area contributed by atoms with Crippen LogP contribution in [0.15, 0.2) is 47.6 Å². The molecule has 2 aromatic carbocycles. The fraction of sp³-hybridized carbons (Fsp3) is 0.304. The number of carbonyl (C=O) groups is 3. The Morgan fingerprint density at radius 1 is 1.06 bits per heavy atom. The maximum atomic E-state index is 12.6. The summed E-state index contributed by atoms with van der Waals surface area (Å²) < 4.78 is 10.1. The average Bonchev–Trinajstić information content (AvgIpc) is 2.78. The van der Waals surface area contributed by atoms with Gasteiger partial charge in [-0.2, -0.15) is 5.10 Å². The predicted octanol–water partition coefficient (Wildman–Crippen LogP) is 3.84. The molecule has 33 heavy (non-hydrogen) atoms. The van der Waals surface area contributed by atoms with Crippen molar-refractivity contribution in [2.45, 2.75) is 26.8 Å². The number of benzene rings is 2. The third-order valence-corrected chi connectivity index (χ3v) is 5.09. The summed E-state index contributed by atoms with van der Waals surface area (Å²) in [7, 11) is 0. The van der Waals surface area contributed by atoms with Crippen LogP contribution in [0.2, 0.25) is 10.0 Å². The summed E-state index contributed by atoms with van der Waals surface area (Å²) >= 11 is 11.8. The summed E-state index contributed by atoms with van der Waals surface area (Å²) in [5.41, 5.74) is 3.42. The SMILES string of the molecule is CCOC(=O)COc1ccc(C=NNC(=O)C(NC(=O)c2ccc(Cl)c(Cl)c2)C(C)C)cc1. The second kappa shape index (κ2) is 12.8. The van der Waals surface area contributed by atoms with Gasteiger partial charge in [0.1, 0.15) is 11.8 Å². The van der Waals surface area contributed by atoms with Crippen molar-refractivity contribution in [2.75, 3.05) is 13.2 Å². The van der Waals surface area contributed by atoms with Crippen molar-refractivity contribution in [3.05, 3.63) is 63.6 Å². The van der Waals surface area contributed by atoms with Crippen molar-refractivity contribution in [1.29, 1.82) is 0 Å². The van der Waals surface area contributed by atoms with Gasteiger partial charge < -0.3 is 14.8 Å². The van der Waals surface area contributed by atoms with Gasteiger partial charge in [0.2, 0.25) is 0 Å². The molecule has 1 unspecified atom stereocenters. The van der Waals surface area contributed by atoms with Gasteiger partial charge in [-0.3, -0.25) is 9.59 Å². The molecule has 2 aromatic rings. The van der Waals surface area contributed by atoms with E-state index in [1.807, 2.05) is 0 Å². The highest BCUT2D eigenvalue weighted by Gasteiger charge is 2.24. The number of nitrogens with one attached hydrogen (secondary N) is 2. The third-order valence-electron chi connectivity index (χ3n) is 4.35. The quantitative estimate of drug-likeness (QED) is 0.297. The highest BCUT2D eigenvalue weighted by Crippen LogP contribution is 2.22. The number of esters is 1. The molecule has 0 bridgehead atoms. The van der Waals surface area contributed by atoms with E-state index in [4.69, 9.17) is 32.7 Å². The largest absolute Gasteiger partial charge is 0.482 e. The lowest BCUT2D eigenvalue weighted by Crippen LogP contribution is -2.48. The van der Waals surface area contributed by atoms with E-state index >= 15 is 0 Å². The van der Waals surface area contributed by atoms with Gasteiger partial charge in [0, 0.05) is 5.56 Å². The van der Waals surface area contributed by atoms with Crippen LogP contribution in [0.4, 0.5) is 0 Å². The molecule has 0 fully saturated rings. The molecule has 0 aromatic heterocycles. The number of halogens is 2. The van der Waals surface area contributed by atoms with E-state index in [0.717, 1.165) is 0 Å². The smallest absolute Gasteiger partial charge is 0.344 e. The Balaban J connectivity index is 1.92. The zero-order chi connectivity index (χ0) is 24.4. The lowest BCUT2D eigenvalue weighted by molar-refractivity contribution is -0.145. The number of nitrogens with zero attached hydrogens (tertiary/aromatic N) is 1. The predicted molar refractivity (Wildman–Crippen MR) is 127 cm³/mol. The molecule has 2 amide bonds. The van der Waals surface area contributed by atoms with Crippen LogP contribution in [-0.4, -0.2) is 43.3 Å². The van der Waals surface area contributed by atoms with Crippen molar-refractivity contribution in [3.8, 4) is 5.75 Å². The van der Waals surface area contributed by atoms with Crippen molar-refractivity contribution >= 4 is 47.2 Å². The molecular weight excluding hydrogens is 469 g/mol. The van der Waals surface area contributed by atoms with Crippen molar-refractivity contribution in [1.82, 2.24) is 10.7 Å². The van der Waals surface area contributed by atoms with Gasteiger partial charge in [0.15, 0.2) is 6.61 Å². The molecule has 0 saturated heterocycles. The van der Waals surface area contributed by atoms with E-state index < -0.39 is 23.8 Å². The van der Waals surface area contributed by atoms with Gasteiger partial charge in [-0.25, -0.2) is 10.2 Å². The normalized spacial score (nSPS) is 11.8. The van der Waals surface area contributed by atoms with Crippen molar-refractivity contribution < 1.29 is 23.9 Å². The van der Waals surface area contributed by atoms with E-state index in [1.165, 1.54) is 24.4 Å². The molecule has 2 rings (SSSR count). The van der Waals surface area contributed by atoms with E-state index in [9.17, 15) is 14.4 Å². The van der Waals surface area contributed by atoms with Crippen molar-refractivity contribution in [2.24, 2.45) is 11.0 Å². The van der Waals surface area contributed by atoms with Crippen LogP contribution >= 0.6 is 23.2 Å². The van der Waals surface area contributed by atoms with Gasteiger partial charge in [-0.1, -0.05) is 37.0 Å². The van der Waals surface area contributed by atoms with Gasteiger partial charge in [-0.05, 0) is 60.9 Å². The van der Waals surface area contributed by atoms with E-state index in [2.05, 4.69) is 15.8 Å². The molecule has 0 aliphatic carbocycles. The van der Waals surface area contributed by atoms with Crippen LogP contribution in [0, 0.1) is 5.92 Å². The molecule has 8 nitrogen and oxygen atoms in total. The number of hydrazone groups is 1. The van der Waals surface area contributed by atoms with E-state index in [1.54, 1.807) is 45.0 Å². The van der Waals surface area contributed by atoms with Gasteiger partial charge >= 0.3 is 5.97 Å². The average molecular weight is 494 g/mol. The van der Waals surface area contributed by atoms with Gasteiger partial charge in [0.25, 0.3) is 11.8 Å². The maximum Gasteiger partial charge on any atom is 0.344 e. The first-order chi connectivity index (χ1) is 15.7. The Hall–Kier alpha value is -3.10. The van der Waals surface area contributed by atoms with Gasteiger partial charge in [-0.15, -0.1) is 0 Å². The first-order valence-electron chi connectivity index (χ1n) is 10.2. The zero-order valence-electron chi connectivity index (χ0n) is 18.4. The molecule has 0 aliphatic rings. The standard InChI is InChI=1S/C23H25Cl2N3O5/c1-4-32-20(29)13-33-17-8-5-15(6-9-17)12-26-28-23(31)21(14(2)3)27-22(30)16-7-10-18(24)19(25)11-16/h5-12,14,21H,4,13H2,1-3H3,(H,27,30)(H,28,31). The van der Waals surface area contributed by atoms with E-state index in [-0.39, 0.29) is 23.1 Å². The molecule has 0 radical (unpaired) electrons. The summed E-state index contributed by atoms with van der Waals surface area (Å²) in [4.78, 5) is 36.4. The maximum absolute atomic E-state index is 12.6. The fourth-order valence-electron chi connectivity index (χ4n) is 2.63. The molecule has 0 spiro atoms. The Morgan fingerprint density at radius 3 is 2.36 bits per heavy atom. The number of rotatable bonds is 10. The van der Waals surface area contributed by atoms with Crippen LogP contribution in [0.5, 0.6) is 5.75 Å². The fourth-order valence-corrected chi connectivity index (χ4v) is 2.93. The van der Waals surface area contributed by atoms with Crippen LogP contribution in [0.3, 0.4) is 0 Å². The van der Waals surface area contributed by atoms with Crippen molar-refractivity contribution in [3.63, 3.8) is 0 Å². The highest BCUT2D eigenvalue weighted by atomic mass is 35.5. The summed E-state index contributed by atoms with van der Waals surface area (Å²) in [6.07, 6.45) is 1.45. The monoisotopic (exact) mass is 493 g/mol. The molecule has 1 atom stereocenters. The Morgan fingerprint density at radius 2 is 1.76 bits per heavy atom. The Labute approximate surface area is 202 Å². The molecule has 0 aliphatic heterocycles. The third kappa shape index (κ3) is 8.40. The topological polar surface area (TPSA) is 106 Å². The number of hydrogen-bond donors (Lipinski definition) is 2. The minimum atomic E-state index is -0.817. The molecular formula is C23H25Cl2N3O5. The number of carbonyl (C=O) groups excluding carboxylic acids is 3. The molecule has 0 heterocycles.